The van der Waals surface area contributed by atoms with E-state index in [0.717, 1.165) is 6.07 Å². The van der Waals surface area contributed by atoms with Crippen LogP contribution in [0, 0.1) is 11.6 Å². The quantitative estimate of drug-likeness (QED) is 0.555. The van der Waals surface area contributed by atoms with E-state index in [9.17, 15) is 13.6 Å². The number of allylic oxidation sites excluding steroid dienone is 2. The SMILES string of the molecule is CCOC(=O)CC/C=C/CCc1ccc(F)cc1F. The van der Waals surface area contributed by atoms with Gasteiger partial charge in [-0.15, -0.1) is 0 Å². The van der Waals surface area contributed by atoms with Crippen LogP contribution in [0.4, 0.5) is 8.78 Å². The van der Waals surface area contributed by atoms with Gasteiger partial charge in [0, 0.05) is 12.5 Å². The van der Waals surface area contributed by atoms with E-state index in [4.69, 9.17) is 4.74 Å². The molecule has 1 aromatic carbocycles. The number of esters is 1. The summed E-state index contributed by atoms with van der Waals surface area (Å²) in [6, 6.07) is 3.60. The Morgan fingerprint density at radius 3 is 2.68 bits per heavy atom. The highest BCUT2D eigenvalue weighted by molar-refractivity contribution is 5.69. The molecule has 2 nitrogen and oxygen atoms in total. The number of carbonyl (C=O) groups excluding carboxylic acids is 1. The van der Waals surface area contributed by atoms with E-state index >= 15 is 0 Å². The van der Waals surface area contributed by atoms with Gasteiger partial charge >= 0.3 is 5.97 Å². The first kappa shape index (κ1) is 15.3. The fourth-order valence-corrected chi connectivity index (χ4v) is 1.63. The highest BCUT2D eigenvalue weighted by Gasteiger charge is 2.02. The normalized spacial score (nSPS) is 10.9. The average molecular weight is 268 g/mol. The number of benzene rings is 1. The Bertz CT molecular complexity index is 442. The van der Waals surface area contributed by atoms with Gasteiger partial charge in [0.15, 0.2) is 0 Å². The Morgan fingerprint density at radius 2 is 2.00 bits per heavy atom. The molecule has 4 heteroatoms. The minimum absolute atomic E-state index is 0.211. The fraction of sp³-hybridized carbons (Fsp3) is 0.400. The molecule has 104 valence electrons. The minimum Gasteiger partial charge on any atom is -0.466 e. The van der Waals surface area contributed by atoms with Crippen LogP contribution < -0.4 is 0 Å². The number of aryl methyl sites for hydroxylation is 1. The first-order chi connectivity index (χ1) is 9.13. The molecule has 0 spiro atoms. The molecule has 1 aromatic rings. The van der Waals surface area contributed by atoms with Gasteiger partial charge in [0.1, 0.15) is 11.6 Å². The summed E-state index contributed by atoms with van der Waals surface area (Å²) < 4.78 is 30.8. The molecule has 0 radical (unpaired) electrons. The van der Waals surface area contributed by atoms with E-state index in [1.54, 1.807) is 6.92 Å². The molecule has 0 aliphatic carbocycles. The highest BCUT2D eigenvalue weighted by atomic mass is 19.1. The molecular formula is C15H18F2O2. The van der Waals surface area contributed by atoms with Gasteiger partial charge in [-0.3, -0.25) is 4.79 Å². The molecule has 0 saturated carbocycles. The summed E-state index contributed by atoms with van der Waals surface area (Å²) in [6.07, 6.45) is 5.91. The summed E-state index contributed by atoms with van der Waals surface area (Å²) in [5.74, 6) is -1.29. The van der Waals surface area contributed by atoms with Gasteiger partial charge in [-0.1, -0.05) is 18.2 Å². The maximum atomic E-state index is 13.3. The van der Waals surface area contributed by atoms with Crippen LogP contribution >= 0.6 is 0 Å². The Hall–Kier alpha value is -1.71. The van der Waals surface area contributed by atoms with Gasteiger partial charge in [0.2, 0.25) is 0 Å². The first-order valence-corrected chi connectivity index (χ1v) is 6.38. The summed E-state index contributed by atoms with van der Waals surface area (Å²) in [5, 5.41) is 0. The number of hydrogen-bond donors (Lipinski definition) is 0. The zero-order valence-corrected chi connectivity index (χ0v) is 11.0. The molecule has 19 heavy (non-hydrogen) atoms. The van der Waals surface area contributed by atoms with Crippen molar-refractivity contribution in [3.05, 3.63) is 47.5 Å². The zero-order chi connectivity index (χ0) is 14.1. The van der Waals surface area contributed by atoms with Gasteiger partial charge in [0.05, 0.1) is 6.61 Å². The number of halogens is 2. The van der Waals surface area contributed by atoms with Crippen molar-refractivity contribution in [2.75, 3.05) is 6.61 Å². The van der Waals surface area contributed by atoms with Crippen LogP contribution in [0.15, 0.2) is 30.4 Å². The lowest BCUT2D eigenvalue weighted by Crippen LogP contribution is -2.02. The molecule has 0 bridgehead atoms. The predicted molar refractivity (Wildman–Crippen MR) is 69.7 cm³/mol. The van der Waals surface area contributed by atoms with E-state index in [1.165, 1.54) is 12.1 Å². The summed E-state index contributed by atoms with van der Waals surface area (Å²) in [4.78, 5) is 11.0. The van der Waals surface area contributed by atoms with Crippen LogP contribution in [-0.4, -0.2) is 12.6 Å². The largest absolute Gasteiger partial charge is 0.466 e. The summed E-state index contributed by atoms with van der Waals surface area (Å²) in [5.41, 5.74) is 0.497. The molecule has 1 rings (SSSR count). The molecule has 0 atom stereocenters. The molecule has 0 aromatic heterocycles. The van der Waals surface area contributed by atoms with Crippen LogP contribution in [-0.2, 0) is 16.0 Å². The summed E-state index contributed by atoms with van der Waals surface area (Å²) in [6.45, 7) is 2.16. The lowest BCUT2D eigenvalue weighted by atomic mass is 10.1. The highest BCUT2D eigenvalue weighted by Crippen LogP contribution is 2.11. The monoisotopic (exact) mass is 268 g/mol. The van der Waals surface area contributed by atoms with Gasteiger partial charge < -0.3 is 4.74 Å². The molecule has 0 amide bonds. The second kappa shape index (κ2) is 8.40. The van der Waals surface area contributed by atoms with Gasteiger partial charge in [-0.2, -0.15) is 0 Å². The fourth-order valence-electron chi connectivity index (χ4n) is 1.63. The molecule has 0 fully saturated rings. The molecule has 0 saturated heterocycles. The Balaban J connectivity index is 2.24. The molecule has 0 aliphatic heterocycles. The molecule has 0 aliphatic rings. The molecule has 0 unspecified atom stereocenters. The van der Waals surface area contributed by atoms with E-state index in [-0.39, 0.29) is 5.97 Å². The third-order valence-corrected chi connectivity index (χ3v) is 2.58. The van der Waals surface area contributed by atoms with Crippen molar-refractivity contribution in [2.24, 2.45) is 0 Å². The molecule has 0 heterocycles. The Morgan fingerprint density at radius 1 is 1.26 bits per heavy atom. The second-order valence-electron chi connectivity index (χ2n) is 4.09. The minimum atomic E-state index is -0.564. The van der Waals surface area contributed by atoms with Crippen molar-refractivity contribution < 1.29 is 18.3 Å². The third kappa shape index (κ3) is 6.13. The van der Waals surface area contributed by atoms with E-state index in [0.29, 0.717) is 37.9 Å². The standard InChI is InChI=1S/C15H18F2O2/c1-2-19-15(18)8-6-4-3-5-7-12-9-10-13(16)11-14(12)17/h3-4,9-11H,2,5-8H2,1H3/b4-3+. The van der Waals surface area contributed by atoms with E-state index in [2.05, 4.69) is 0 Å². The predicted octanol–water partition coefficient (Wildman–Crippen LogP) is 3.80. The summed E-state index contributed by atoms with van der Waals surface area (Å²) in [7, 11) is 0. The number of ether oxygens (including phenoxy) is 1. The Labute approximate surface area is 112 Å². The van der Waals surface area contributed by atoms with E-state index < -0.39 is 11.6 Å². The Kier molecular flexibility index (Phi) is 6.79. The van der Waals surface area contributed by atoms with Crippen molar-refractivity contribution in [2.45, 2.75) is 32.6 Å². The first-order valence-electron chi connectivity index (χ1n) is 6.38. The number of hydrogen-bond acceptors (Lipinski definition) is 2. The second-order valence-corrected chi connectivity index (χ2v) is 4.09. The maximum Gasteiger partial charge on any atom is 0.306 e. The number of rotatable bonds is 7. The van der Waals surface area contributed by atoms with Gasteiger partial charge in [-0.25, -0.2) is 8.78 Å². The van der Waals surface area contributed by atoms with Crippen molar-refractivity contribution in [1.29, 1.82) is 0 Å². The van der Waals surface area contributed by atoms with Crippen molar-refractivity contribution in [3.8, 4) is 0 Å². The van der Waals surface area contributed by atoms with Crippen LogP contribution in [0.1, 0.15) is 31.7 Å². The maximum absolute atomic E-state index is 13.3. The van der Waals surface area contributed by atoms with Gasteiger partial charge in [-0.05, 0) is 37.8 Å². The van der Waals surface area contributed by atoms with Crippen LogP contribution in [0.2, 0.25) is 0 Å². The van der Waals surface area contributed by atoms with Crippen LogP contribution in [0.5, 0.6) is 0 Å². The van der Waals surface area contributed by atoms with Crippen molar-refractivity contribution >= 4 is 5.97 Å². The van der Waals surface area contributed by atoms with E-state index in [1.807, 2.05) is 12.2 Å². The number of carbonyl (C=O) groups is 1. The smallest absolute Gasteiger partial charge is 0.306 e. The topological polar surface area (TPSA) is 26.3 Å². The van der Waals surface area contributed by atoms with Crippen molar-refractivity contribution in [1.82, 2.24) is 0 Å². The van der Waals surface area contributed by atoms with Crippen molar-refractivity contribution in [3.63, 3.8) is 0 Å². The zero-order valence-electron chi connectivity index (χ0n) is 11.0. The van der Waals surface area contributed by atoms with Gasteiger partial charge in [0.25, 0.3) is 0 Å². The lowest BCUT2D eigenvalue weighted by molar-refractivity contribution is -0.142. The summed E-state index contributed by atoms with van der Waals surface area (Å²) >= 11 is 0. The van der Waals surface area contributed by atoms with Crippen LogP contribution in [0.25, 0.3) is 0 Å². The van der Waals surface area contributed by atoms with Crippen LogP contribution in [0.3, 0.4) is 0 Å². The lowest BCUT2D eigenvalue weighted by Gasteiger charge is -2.01. The molecular weight excluding hydrogens is 250 g/mol. The third-order valence-electron chi connectivity index (χ3n) is 2.58. The average Bonchev–Trinajstić information content (AvgIpc) is 2.36. The molecule has 0 N–H and O–H groups in total.